The van der Waals surface area contributed by atoms with Gasteiger partial charge in [0, 0.05) is 42.7 Å². The third-order valence-electron chi connectivity index (χ3n) is 7.23. The quantitative estimate of drug-likeness (QED) is 0.150. The number of halogens is 1. The van der Waals surface area contributed by atoms with E-state index in [-0.39, 0.29) is 5.92 Å². The zero-order valence-corrected chi connectivity index (χ0v) is 23.7. The van der Waals surface area contributed by atoms with E-state index in [4.69, 9.17) is 25.8 Å². The number of ether oxygens (including phenoxy) is 3. The number of benzene rings is 4. The van der Waals surface area contributed by atoms with Gasteiger partial charge in [0.2, 0.25) is 0 Å². The van der Waals surface area contributed by atoms with Gasteiger partial charge in [-0.1, -0.05) is 84.4 Å². The van der Waals surface area contributed by atoms with Crippen LogP contribution in [0.25, 0.3) is 10.9 Å². The van der Waals surface area contributed by atoms with E-state index in [1.165, 1.54) is 11.1 Å². The second-order valence-corrected chi connectivity index (χ2v) is 10.2. The summed E-state index contributed by atoms with van der Waals surface area (Å²) in [4.78, 5) is 5.71. The van der Waals surface area contributed by atoms with Crippen molar-refractivity contribution in [3.63, 3.8) is 0 Å². The molecule has 5 rings (SSSR count). The lowest BCUT2D eigenvalue weighted by Crippen LogP contribution is -2.31. The van der Waals surface area contributed by atoms with Gasteiger partial charge in [0.25, 0.3) is 0 Å². The van der Waals surface area contributed by atoms with E-state index in [2.05, 4.69) is 82.7 Å². The smallest absolute Gasteiger partial charge is 0.179 e. The van der Waals surface area contributed by atoms with E-state index >= 15 is 0 Å². The molecule has 4 aromatic carbocycles. The number of methoxy groups -OCH3 is 2. The fourth-order valence-electron chi connectivity index (χ4n) is 5.21. The molecule has 5 aromatic rings. The fourth-order valence-corrected chi connectivity index (χ4v) is 5.51. The van der Waals surface area contributed by atoms with Crippen molar-refractivity contribution in [1.29, 1.82) is 0 Å². The molecular formula is C34H35ClN2O3. The summed E-state index contributed by atoms with van der Waals surface area (Å²) in [6, 6.07) is 33.5. The zero-order valence-electron chi connectivity index (χ0n) is 23.0. The number of aromatic nitrogens is 1. The van der Waals surface area contributed by atoms with Crippen molar-refractivity contribution < 1.29 is 14.2 Å². The summed E-state index contributed by atoms with van der Waals surface area (Å²) < 4.78 is 17.3. The molecular weight excluding hydrogens is 520 g/mol. The number of nitrogens with zero attached hydrogens (tertiary/aromatic N) is 1. The fraction of sp³-hybridized carbons (Fsp3) is 0.235. The van der Waals surface area contributed by atoms with E-state index in [0.29, 0.717) is 29.7 Å². The van der Waals surface area contributed by atoms with Crippen LogP contribution in [0.1, 0.15) is 29.0 Å². The second kappa shape index (κ2) is 13.4. The Hall–Kier alpha value is -3.93. The summed E-state index contributed by atoms with van der Waals surface area (Å²) in [7, 11) is 3.24. The van der Waals surface area contributed by atoms with Crippen molar-refractivity contribution in [2.45, 2.75) is 18.9 Å². The summed E-state index contributed by atoms with van der Waals surface area (Å²) in [5.74, 6) is 2.30. The second-order valence-electron chi connectivity index (χ2n) is 9.78. The highest BCUT2D eigenvalue weighted by atomic mass is 35.5. The van der Waals surface area contributed by atoms with E-state index in [9.17, 15) is 0 Å². The van der Waals surface area contributed by atoms with Crippen molar-refractivity contribution in [2.24, 2.45) is 0 Å². The average molecular weight is 555 g/mol. The number of H-pyrrole nitrogens is 1. The van der Waals surface area contributed by atoms with Gasteiger partial charge in [-0.05, 0) is 47.4 Å². The number of nitrogens with one attached hydrogen (secondary N) is 1. The highest BCUT2D eigenvalue weighted by Gasteiger charge is 2.21. The van der Waals surface area contributed by atoms with Crippen LogP contribution in [-0.2, 0) is 6.54 Å². The molecule has 0 aliphatic carbocycles. The molecule has 0 amide bonds. The summed E-state index contributed by atoms with van der Waals surface area (Å²) in [5.41, 5.74) is 4.65. The minimum Gasteiger partial charge on any atom is -0.493 e. The van der Waals surface area contributed by atoms with Gasteiger partial charge in [-0.3, -0.25) is 4.90 Å². The lowest BCUT2D eigenvalue weighted by Gasteiger charge is -2.29. The van der Waals surface area contributed by atoms with Crippen LogP contribution in [0, 0.1) is 0 Å². The van der Waals surface area contributed by atoms with E-state index in [1.807, 2.05) is 30.5 Å². The highest BCUT2D eigenvalue weighted by molar-refractivity contribution is 6.33. The van der Waals surface area contributed by atoms with Crippen molar-refractivity contribution >= 4 is 22.5 Å². The molecule has 0 aliphatic rings. The van der Waals surface area contributed by atoms with Crippen LogP contribution in [0.3, 0.4) is 0 Å². The zero-order chi connectivity index (χ0) is 27.7. The summed E-state index contributed by atoms with van der Waals surface area (Å²) in [6.45, 7) is 2.95. The number of rotatable bonds is 13. The first-order valence-electron chi connectivity index (χ1n) is 13.6. The largest absolute Gasteiger partial charge is 0.493 e. The number of fused-ring (bicyclic) bond motifs is 1. The first-order chi connectivity index (χ1) is 19.7. The predicted molar refractivity (Wildman–Crippen MR) is 163 cm³/mol. The summed E-state index contributed by atoms with van der Waals surface area (Å²) in [6.07, 6.45) is 2.81. The van der Waals surface area contributed by atoms with Crippen LogP contribution in [0.15, 0.2) is 103 Å². The highest BCUT2D eigenvalue weighted by Crippen LogP contribution is 2.38. The summed E-state index contributed by atoms with van der Waals surface area (Å²) in [5, 5.41) is 1.68. The summed E-state index contributed by atoms with van der Waals surface area (Å²) >= 11 is 6.83. The molecule has 0 bridgehead atoms. The van der Waals surface area contributed by atoms with Crippen molar-refractivity contribution in [1.82, 2.24) is 9.88 Å². The maximum Gasteiger partial charge on any atom is 0.179 e. The van der Waals surface area contributed by atoms with Gasteiger partial charge in [-0.15, -0.1) is 0 Å². The Bertz CT molecular complexity index is 1460. The first kappa shape index (κ1) is 27.6. The molecule has 6 heteroatoms. The molecule has 1 heterocycles. The standard InChI is InChI=1S/C34H35ClN2O3/c1-38-32-18-17-27(33(35)34(32)39-2)23-37(21-10-22-40-31-16-9-15-30-28(31)19-20-36-30)24-29(25-11-5-3-6-12-25)26-13-7-4-8-14-26/h3-9,11-20,29,36H,10,21-24H2,1-2H3. The normalized spacial score (nSPS) is 11.3. The molecule has 0 saturated carbocycles. The van der Waals surface area contributed by atoms with Gasteiger partial charge in [0.05, 0.1) is 25.8 Å². The minimum absolute atomic E-state index is 0.204. The van der Waals surface area contributed by atoms with E-state index in [0.717, 1.165) is 41.7 Å². The number of hydrogen-bond acceptors (Lipinski definition) is 4. The van der Waals surface area contributed by atoms with Crippen LogP contribution in [0.4, 0.5) is 0 Å². The monoisotopic (exact) mass is 554 g/mol. The molecule has 0 fully saturated rings. The molecule has 5 nitrogen and oxygen atoms in total. The SMILES string of the molecule is COc1ccc(CN(CCCOc2cccc3[nH]ccc23)CC(c2ccccc2)c2ccccc2)c(Cl)c1OC. The molecule has 0 saturated heterocycles. The Kier molecular flexibility index (Phi) is 9.27. The van der Waals surface area contributed by atoms with Gasteiger partial charge in [0.15, 0.2) is 11.5 Å². The lowest BCUT2D eigenvalue weighted by atomic mass is 9.90. The average Bonchev–Trinajstić information content (AvgIpc) is 3.49. The van der Waals surface area contributed by atoms with Crippen LogP contribution in [0.2, 0.25) is 5.02 Å². The van der Waals surface area contributed by atoms with Gasteiger partial charge in [-0.25, -0.2) is 0 Å². The molecule has 40 heavy (non-hydrogen) atoms. The Morgan fingerprint density at radius 1 is 0.775 bits per heavy atom. The molecule has 0 aliphatic heterocycles. The molecule has 0 spiro atoms. The maximum atomic E-state index is 6.83. The van der Waals surface area contributed by atoms with E-state index < -0.39 is 0 Å². The van der Waals surface area contributed by atoms with Gasteiger partial charge >= 0.3 is 0 Å². The topological polar surface area (TPSA) is 46.7 Å². The first-order valence-corrected chi connectivity index (χ1v) is 14.0. The lowest BCUT2D eigenvalue weighted by molar-refractivity contribution is 0.223. The minimum atomic E-state index is 0.204. The third kappa shape index (κ3) is 6.44. The van der Waals surface area contributed by atoms with Crippen molar-refractivity contribution in [3.8, 4) is 17.2 Å². The van der Waals surface area contributed by atoms with Crippen LogP contribution in [0.5, 0.6) is 17.2 Å². The number of aromatic amines is 1. The van der Waals surface area contributed by atoms with Gasteiger partial charge in [0.1, 0.15) is 5.75 Å². The predicted octanol–water partition coefficient (Wildman–Crippen LogP) is 7.94. The Balaban J connectivity index is 1.38. The maximum absolute atomic E-state index is 6.83. The Morgan fingerprint density at radius 3 is 2.17 bits per heavy atom. The van der Waals surface area contributed by atoms with Crippen molar-refractivity contribution in [3.05, 3.63) is 125 Å². The Morgan fingerprint density at radius 2 is 1.50 bits per heavy atom. The van der Waals surface area contributed by atoms with E-state index in [1.54, 1.807) is 14.2 Å². The van der Waals surface area contributed by atoms with Gasteiger partial charge < -0.3 is 19.2 Å². The molecule has 0 atom stereocenters. The van der Waals surface area contributed by atoms with Crippen LogP contribution >= 0.6 is 11.6 Å². The molecule has 0 radical (unpaired) electrons. The van der Waals surface area contributed by atoms with Crippen molar-refractivity contribution in [2.75, 3.05) is 33.9 Å². The van der Waals surface area contributed by atoms with Crippen LogP contribution < -0.4 is 14.2 Å². The molecule has 0 unspecified atom stereocenters. The molecule has 206 valence electrons. The number of hydrogen-bond donors (Lipinski definition) is 1. The molecule has 1 aromatic heterocycles. The molecule has 1 N–H and O–H groups in total. The Labute approximate surface area is 241 Å². The van der Waals surface area contributed by atoms with Crippen LogP contribution in [-0.4, -0.2) is 43.8 Å². The van der Waals surface area contributed by atoms with Gasteiger partial charge in [-0.2, -0.15) is 0 Å². The third-order valence-corrected chi connectivity index (χ3v) is 7.65.